The second-order valence-corrected chi connectivity index (χ2v) is 3.51. The molecule has 1 heterocycles. The van der Waals surface area contributed by atoms with Gasteiger partial charge in [0.15, 0.2) is 0 Å². The summed E-state index contributed by atoms with van der Waals surface area (Å²) in [4.78, 5) is 2.53. The molecule has 1 nitrogen and oxygen atoms in total. The van der Waals surface area contributed by atoms with Gasteiger partial charge in [-0.05, 0) is 33.2 Å². The van der Waals surface area contributed by atoms with Crippen LogP contribution in [0.1, 0.15) is 39.5 Å². The van der Waals surface area contributed by atoms with Crippen molar-refractivity contribution in [1.82, 2.24) is 4.90 Å². The molecule has 0 saturated carbocycles. The first kappa shape index (κ1) is 8.06. The molecule has 1 aliphatic rings. The molecule has 1 aliphatic heterocycles. The predicted molar refractivity (Wildman–Crippen MR) is 45.2 cm³/mol. The van der Waals surface area contributed by atoms with Gasteiger partial charge in [0.05, 0.1) is 0 Å². The lowest BCUT2D eigenvalue weighted by Gasteiger charge is -2.37. The fraction of sp³-hybridized carbons (Fsp3) is 1.00. The Morgan fingerprint density at radius 3 is 2.60 bits per heavy atom. The highest BCUT2D eigenvalue weighted by molar-refractivity contribution is 4.78. The van der Waals surface area contributed by atoms with E-state index in [0.29, 0.717) is 0 Å². The van der Waals surface area contributed by atoms with Crippen molar-refractivity contribution in [2.75, 3.05) is 7.05 Å². The molecule has 0 spiro atoms. The standard InChI is InChI=1S/C9H19N/c1-4-9-7-5-6-8(2)10(9)3/h8-9H,4-7H2,1-3H3/t8-,9+/m0/s1. The van der Waals surface area contributed by atoms with Gasteiger partial charge >= 0.3 is 0 Å². The first-order valence-electron chi connectivity index (χ1n) is 4.47. The van der Waals surface area contributed by atoms with Gasteiger partial charge in [0.25, 0.3) is 0 Å². The molecule has 2 atom stereocenters. The van der Waals surface area contributed by atoms with Gasteiger partial charge in [0.1, 0.15) is 0 Å². The third-order valence-corrected chi connectivity index (χ3v) is 2.90. The van der Waals surface area contributed by atoms with Crippen molar-refractivity contribution >= 4 is 0 Å². The molecule has 0 amide bonds. The van der Waals surface area contributed by atoms with Crippen molar-refractivity contribution in [3.05, 3.63) is 0 Å². The lowest BCUT2D eigenvalue weighted by molar-refractivity contribution is 0.123. The third-order valence-electron chi connectivity index (χ3n) is 2.90. The molecule has 0 radical (unpaired) electrons. The molecular formula is C9H19N. The van der Waals surface area contributed by atoms with Crippen LogP contribution >= 0.6 is 0 Å². The molecule has 0 aromatic carbocycles. The molecule has 60 valence electrons. The number of hydrogen-bond donors (Lipinski definition) is 0. The summed E-state index contributed by atoms with van der Waals surface area (Å²) in [5.41, 5.74) is 0. The van der Waals surface area contributed by atoms with Crippen LogP contribution < -0.4 is 0 Å². The Morgan fingerprint density at radius 1 is 1.40 bits per heavy atom. The van der Waals surface area contributed by atoms with Gasteiger partial charge in [-0.2, -0.15) is 0 Å². The Morgan fingerprint density at radius 2 is 2.10 bits per heavy atom. The van der Waals surface area contributed by atoms with Gasteiger partial charge in [-0.15, -0.1) is 0 Å². The average molecular weight is 141 g/mol. The first-order chi connectivity index (χ1) is 4.75. The quantitative estimate of drug-likeness (QED) is 0.541. The molecule has 1 fully saturated rings. The Hall–Kier alpha value is -0.0400. The zero-order chi connectivity index (χ0) is 7.56. The summed E-state index contributed by atoms with van der Waals surface area (Å²) in [6.07, 6.45) is 5.56. The number of hydrogen-bond acceptors (Lipinski definition) is 1. The molecule has 1 saturated heterocycles. The minimum Gasteiger partial charge on any atom is -0.301 e. The van der Waals surface area contributed by atoms with Crippen LogP contribution in [0.15, 0.2) is 0 Å². The van der Waals surface area contributed by atoms with Crippen LogP contribution in [-0.2, 0) is 0 Å². The summed E-state index contributed by atoms with van der Waals surface area (Å²) in [6.45, 7) is 4.63. The monoisotopic (exact) mass is 141 g/mol. The third kappa shape index (κ3) is 1.51. The number of piperidine rings is 1. The van der Waals surface area contributed by atoms with Gasteiger partial charge in [0.2, 0.25) is 0 Å². The van der Waals surface area contributed by atoms with E-state index in [0.717, 1.165) is 12.1 Å². The van der Waals surface area contributed by atoms with Crippen LogP contribution in [0.4, 0.5) is 0 Å². The van der Waals surface area contributed by atoms with E-state index in [-0.39, 0.29) is 0 Å². The minimum absolute atomic E-state index is 0.818. The fourth-order valence-corrected chi connectivity index (χ4v) is 1.91. The second-order valence-electron chi connectivity index (χ2n) is 3.51. The van der Waals surface area contributed by atoms with Gasteiger partial charge < -0.3 is 4.90 Å². The summed E-state index contributed by atoms with van der Waals surface area (Å²) >= 11 is 0. The predicted octanol–water partition coefficient (Wildman–Crippen LogP) is 2.27. The van der Waals surface area contributed by atoms with Crippen LogP contribution in [0.25, 0.3) is 0 Å². The fourth-order valence-electron chi connectivity index (χ4n) is 1.91. The van der Waals surface area contributed by atoms with Crippen LogP contribution in [0.3, 0.4) is 0 Å². The molecule has 0 aliphatic carbocycles. The maximum atomic E-state index is 2.53. The van der Waals surface area contributed by atoms with Gasteiger partial charge in [-0.1, -0.05) is 13.3 Å². The van der Waals surface area contributed by atoms with Crippen molar-refractivity contribution in [1.29, 1.82) is 0 Å². The zero-order valence-corrected chi connectivity index (χ0v) is 7.43. The summed E-state index contributed by atoms with van der Waals surface area (Å²) in [7, 11) is 2.26. The van der Waals surface area contributed by atoms with E-state index in [1.54, 1.807) is 0 Å². The highest BCUT2D eigenvalue weighted by atomic mass is 15.2. The van der Waals surface area contributed by atoms with Crippen LogP contribution in [0, 0.1) is 0 Å². The maximum Gasteiger partial charge on any atom is 0.00924 e. The van der Waals surface area contributed by atoms with E-state index in [1.165, 1.54) is 25.7 Å². The minimum atomic E-state index is 0.818. The summed E-state index contributed by atoms with van der Waals surface area (Å²) in [6, 6.07) is 1.68. The Balaban J connectivity index is 2.42. The average Bonchev–Trinajstić information content (AvgIpc) is 1.95. The topological polar surface area (TPSA) is 3.24 Å². The Bertz CT molecular complexity index is 101. The molecule has 0 aromatic rings. The van der Waals surface area contributed by atoms with Crippen molar-refractivity contribution in [2.45, 2.75) is 51.6 Å². The molecule has 0 N–H and O–H groups in total. The van der Waals surface area contributed by atoms with E-state index < -0.39 is 0 Å². The largest absolute Gasteiger partial charge is 0.301 e. The van der Waals surface area contributed by atoms with Gasteiger partial charge in [0, 0.05) is 12.1 Å². The smallest absolute Gasteiger partial charge is 0.00924 e. The summed E-state index contributed by atoms with van der Waals surface area (Å²) < 4.78 is 0. The molecule has 1 rings (SSSR count). The van der Waals surface area contributed by atoms with Crippen LogP contribution in [0.2, 0.25) is 0 Å². The van der Waals surface area contributed by atoms with Gasteiger partial charge in [-0.25, -0.2) is 0 Å². The van der Waals surface area contributed by atoms with Crippen molar-refractivity contribution in [2.24, 2.45) is 0 Å². The normalized spacial score (nSPS) is 36.3. The lowest BCUT2D eigenvalue weighted by atomic mass is 9.96. The number of likely N-dealkylation sites (tertiary alicyclic amines) is 1. The maximum absolute atomic E-state index is 2.53. The molecular weight excluding hydrogens is 122 g/mol. The highest BCUT2D eigenvalue weighted by Crippen LogP contribution is 2.22. The molecule has 0 unspecified atom stereocenters. The Labute approximate surface area is 64.4 Å². The van der Waals surface area contributed by atoms with E-state index >= 15 is 0 Å². The lowest BCUT2D eigenvalue weighted by Crippen LogP contribution is -2.41. The summed E-state index contributed by atoms with van der Waals surface area (Å²) in [5.74, 6) is 0. The second kappa shape index (κ2) is 3.38. The van der Waals surface area contributed by atoms with E-state index in [9.17, 15) is 0 Å². The van der Waals surface area contributed by atoms with Gasteiger partial charge in [-0.3, -0.25) is 0 Å². The van der Waals surface area contributed by atoms with Crippen LogP contribution in [0.5, 0.6) is 0 Å². The number of rotatable bonds is 1. The van der Waals surface area contributed by atoms with E-state index in [2.05, 4.69) is 25.8 Å². The molecule has 0 aromatic heterocycles. The van der Waals surface area contributed by atoms with Crippen molar-refractivity contribution < 1.29 is 0 Å². The van der Waals surface area contributed by atoms with E-state index in [1.807, 2.05) is 0 Å². The molecule has 1 heteroatoms. The van der Waals surface area contributed by atoms with E-state index in [4.69, 9.17) is 0 Å². The Kier molecular flexibility index (Phi) is 2.72. The summed E-state index contributed by atoms with van der Waals surface area (Å²) in [5, 5.41) is 0. The number of nitrogens with zero attached hydrogens (tertiary/aromatic N) is 1. The molecule has 10 heavy (non-hydrogen) atoms. The zero-order valence-electron chi connectivity index (χ0n) is 7.43. The van der Waals surface area contributed by atoms with Crippen molar-refractivity contribution in [3.8, 4) is 0 Å². The first-order valence-corrected chi connectivity index (χ1v) is 4.47. The van der Waals surface area contributed by atoms with Crippen LogP contribution in [-0.4, -0.2) is 24.0 Å². The molecule has 0 bridgehead atoms. The SMILES string of the molecule is CC[C@@H]1CCC[C@H](C)N1C. The van der Waals surface area contributed by atoms with Crippen molar-refractivity contribution in [3.63, 3.8) is 0 Å². The highest BCUT2D eigenvalue weighted by Gasteiger charge is 2.22.